The highest BCUT2D eigenvalue weighted by atomic mass is 19.4. The highest BCUT2D eigenvalue weighted by Crippen LogP contribution is 2.39. The van der Waals surface area contributed by atoms with E-state index in [1.807, 2.05) is 6.07 Å². The second kappa shape index (κ2) is 6.37. The molecule has 0 radical (unpaired) electrons. The molecular formula is C17H18F3NO3. The fraction of sp³-hybridized carbons (Fsp3) is 0.471. The number of carbonyl (C=O) groups excluding carboxylic acids is 1. The summed E-state index contributed by atoms with van der Waals surface area (Å²) in [7, 11) is 0. The van der Waals surface area contributed by atoms with Crippen molar-refractivity contribution in [1.29, 1.82) is 0 Å². The van der Waals surface area contributed by atoms with Gasteiger partial charge in [0, 0.05) is 30.4 Å². The van der Waals surface area contributed by atoms with E-state index in [9.17, 15) is 18.0 Å². The highest BCUT2D eigenvalue weighted by Gasteiger charge is 2.48. The molecule has 0 N–H and O–H groups in total. The Bertz CT molecular complexity index is 664. The standard InChI is InChI=1S/C17H18F3NO3/c1-2-23-16(22)13-9-11-5-6-12(21-7-3-4-8-21)10-14(11)24-15(13)17(18,19)20/h5-6,9-10,15H,2-4,7-8H2,1H3. The van der Waals surface area contributed by atoms with Gasteiger partial charge < -0.3 is 14.4 Å². The monoisotopic (exact) mass is 341 g/mol. The average molecular weight is 341 g/mol. The van der Waals surface area contributed by atoms with Crippen LogP contribution in [0.3, 0.4) is 0 Å². The number of carbonyl (C=O) groups is 1. The highest BCUT2D eigenvalue weighted by molar-refractivity contribution is 5.96. The van der Waals surface area contributed by atoms with Crippen molar-refractivity contribution in [2.75, 3.05) is 24.6 Å². The first-order valence-corrected chi connectivity index (χ1v) is 7.91. The van der Waals surface area contributed by atoms with Crippen molar-refractivity contribution < 1.29 is 27.4 Å². The largest absolute Gasteiger partial charge is 0.475 e. The third-order valence-electron chi connectivity index (χ3n) is 4.12. The second-order valence-corrected chi connectivity index (χ2v) is 5.78. The Kier molecular flexibility index (Phi) is 4.43. The molecule has 3 rings (SSSR count). The van der Waals surface area contributed by atoms with Crippen LogP contribution >= 0.6 is 0 Å². The predicted octanol–water partition coefficient (Wildman–Crippen LogP) is 3.56. The molecule has 0 aromatic heterocycles. The molecule has 0 saturated carbocycles. The molecule has 0 bridgehead atoms. The van der Waals surface area contributed by atoms with Crippen molar-refractivity contribution in [3.8, 4) is 5.75 Å². The smallest absolute Gasteiger partial charge is 0.430 e. The molecule has 2 heterocycles. The van der Waals surface area contributed by atoms with Gasteiger partial charge in [-0.1, -0.05) is 0 Å². The first-order valence-electron chi connectivity index (χ1n) is 7.91. The molecule has 0 aliphatic carbocycles. The summed E-state index contributed by atoms with van der Waals surface area (Å²) in [4.78, 5) is 14.0. The molecule has 0 spiro atoms. The van der Waals surface area contributed by atoms with Crippen molar-refractivity contribution in [1.82, 2.24) is 0 Å². The zero-order chi connectivity index (χ0) is 17.3. The lowest BCUT2D eigenvalue weighted by Gasteiger charge is -2.29. The summed E-state index contributed by atoms with van der Waals surface area (Å²) in [5.74, 6) is -0.871. The van der Waals surface area contributed by atoms with E-state index in [0.717, 1.165) is 31.6 Å². The summed E-state index contributed by atoms with van der Waals surface area (Å²) < 4.78 is 49.8. The molecule has 1 atom stereocenters. The first-order chi connectivity index (χ1) is 11.4. The number of benzene rings is 1. The minimum absolute atomic E-state index is 0.00149. The first kappa shape index (κ1) is 16.7. The van der Waals surface area contributed by atoms with E-state index in [4.69, 9.17) is 9.47 Å². The van der Waals surface area contributed by atoms with Crippen LogP contribution in [0.1, 0.15) is 25.3 Å². The van der Waals surface area contributed by atoms with Crippen LogP contribution in [-0.4, -0.2) is 37.9 Å². The lowest BCUT2D eigenvalue weighted by molar-refractivity contribution is -0.187. The van der Waals surface area contributed by atoms with Gasteiger partial charge in [0.15, 0.2) is 0 Å². The molecule has 1 fully saturated rings. The maximum Gasteiger partial charge on any atom is 0.430 e. The number of ether oxygens (including phenoxy) is 2. The van der Waals surface area contributed by atoms with Gasteiger partial charge in [-0.05, 0) is 38.0 Å². The van der Waals surface area contributed by atoms with Crippen molar-refractivity contribution in [2.45, 2.75) is 32.0 Å². The minimum Gasteiger partial charge on any atom is -0.475 e. The Labute approximate surface area is 137 Å². The number of hydrogen-bond acceptors (Lipinski definition) is 4. The van der Waals surface area contributed by atoms with Crippen molar-refractivity contribution >= 4 is 17.7 Å². The molecule has 7 heteroatoms. The van der Waals surface area contributed by atoms with Crippen LogP contribution < -0.4 is 9.64 Å². The van der Waals surface area contributed by atoms with E-state index in [2.05, 4.69) is 4.90 Å². The van der Waals surface area contributed by atoms with E-state index in [1.165, 1.54) is 6.08 Å². The second-order valence-electron chi connectivity index (χ2n) is 5.78. The third-order valence-corrected chi connectivity index (χ3v) is 4.12. The molecule has 1 unspecified atom stereocenters. The molecule has 4 nitrogen and oxygen atoms in total. The van der Waals surface area contributed by atoms with Gasteiger partial charge in [-0.25, -0.2) is 4.79 Å². The third kappa shape index (κ3) is 3.20. The summed E-state index contributed by atoms with van der Waals surface area (Å²) in [6.45, 7) is 3.30. The van der Waals surface area contributed by atoms with Crippen LogP contribution in [-0.2, 0) is 9.53 Å². The maximum atomic E-state index is 13.3. The number of hydrogen-bond donors (Lipinski definition) is 0. The summed E-state index contributed by atoms with van der Waals surface area (Å²) in [6.07, 6.45) is -3.66. The van der Waals surface area contributed by atoms with E-state index < -0.39 is 23.8 Å². The quantitative estimate of drug-likeness (QED) is 0.788. The molecule has 2 aliphatic rings. The van der Waals surface area contributed by atoms with E-state index in [-0.39, 0.29) is 12.4 Å². The van der Waals surface area contributed by atoms with Crippen molar-refractivity contribution in [2.24, 2.45) is 0 Å². The predicted molar refractivity (Wildman–Crippen MR) is 83.0 cm³/mol. The van der Waals surface area contributed by atoms with Gasteiger partial charge in [0.05, 0.1) is 12.2 Å². The molecule has 2 aliphatic heterocycles. The van der Waals surface area contributed by atoms with Gasteiger partial charge in [-0.15, -0.1) is 0 Å². The van der Waals surface area contributed by atoms with E-state index >= 15 is 0 Å². The zero-order valence-corrected chi connectivity index (χ0v) is 13.2. The summed E-state index contributed by atoms with van der Waals surface area (Å²) in [5, 5.41) is 0. The SMILES string of the molecule is CCOC(=O)C1=Cc2ccc(N3CCCC3)cc2OC1C(F)(F)F. The number of nitrogens with zero attached hydrogens (tertiary/aromatic N) is 1. The normalized spacial score (nSPS) is 20.2. The number of esters is 1. The molecule has 130 valence electrons. The van der Waals surface area contributed by atoms with E-state index in [0.29, 0.717) is 5.56 Å². The molecule has 1 aromatic carbocycles. The number of halogens is 3. The Hall–Kier alpha value is -2.18. The van der Waals surface area contributed by atoms with Gasteiger partial charge in [0.25, 0.3) is 0 Å². The molecular weight excluding hydrogens is 323 g/mol. The number of alkyl halides is 3. The molecule has 24 heavy (non-hydrogen) atoms. The fourth-order valence-corrected chi connectivity index (χ4v) is 2.97. The van der Waals surface area contributed by atoms with Gasteiger partial charge in [0.1, 0.15) is 5.75 Å². The molecule has 0 amide bonds. The Morgan fingerprint density at radius 2 is 2.04 bits per heavy atom. The van der Waals surface area contributed by atoms with Crippen LogP contribution in [0.25, 0.3) is 6.08 Å². The Morgan fingerprint density at radius 3 is 2.67 bits per heavy atom. The van der Waals surface area contributed by atoms with Crippen LogP contribution in [0.5, 0.6) is 5.75 Å². The summed E-state index contributed by atoms with van der Waals surface area (Å²) in [6, 6.07) is 5.12. The topological polar surface area (TPSA) is 38.8 Å². The average Bonchev–Trinajstić information content (AvgIpc) is 3.07. The number of fused-ring (bicyclic) bond motifs is 1. The lowest BCUT2D eigenvalue weighted by atomic mass is 10.0. The van der Waals surface area contributed by atoms with Gasteiger partial charge in [-0.3, -0.25) is 0 Å². The zero-order valence-electron chi connectivity index (χ0n) is 13.2. The molecule has 1 aromatic rings. The molecule has 1 saturated heterocycles. The van der Waals surface area contributed by atoms with Gasteiger partial charge in [-0.2, -0.15) is 13.2 Å². The van der Waals surface area contributed by atoms with Crippen LogP contribution in [0, 0.1) is 0 Å². The van der Waals surface area contributed by atoms with Gasteiger partial charge >= 0.3 is 12.1 Å². The Balaban J connectivity index is 1.97. The fourth-order valence-electron chi connectivity index (χ4n) is 2.97. The van der Waals surface area contributed by atoms with Crippen LogP contribution in [0.2, 0.25) is 0 Å². The number of rotatable bonds is 3. The van der Waals surface area contributed by atoms with Crippen molar-refractivity contribution in [3.05, 3.63) is 29.3 Å². The minimum atomic E-state index is -4.69. The summed E-state index contributed by atoms with van der Waals surface area (Å²) >= 11 is 0. The van der Waals surface area contributed by atoms with Crippen LogP contribution in [0.4, 0.5) is 18.9 Å². The maximum absolute atomic E-state index is 13.3. The van der Waals surface area contributed by atoms with Gasteiger partial charge in [0.2, 0.25) is 6.10 Å². The van der Waals surface area contributed by atoms with E-state index in [1.54, 1.807) is 19.1 Å². The number of anilines is 1. The summed E-state index contributed by atoms with van der Waals surface area (Å²) in [5.41, 5.74) is 0.757. The Morgan fingerprint density at radius 1 is 1.33 bits per heavy atom. The van der Waals surface area contributed by atoms with Crippen LogP contribution in [0.15, 0.2) is 23.8 Å². The lowest BCUT2D eigenvalue weighted by Crippen LogP contribution is -2.40. The van der Waals surface area contributed by atoms with Crippen molar-refractivity contribution in [3.63, 3.8) is 0 Å².